The van der Waals surface area contributed by atoms with Gasteiger partial charge in [-0.2, -0.15) is 0 Å². The predicted molar refractivity (Wildman–Crippen MR) is 40.5 cm³/mol. The van der Waals surface area contributed by atoms with E-state index < -0.39 is 18.2 Å². The smallest absolute Gasteiger partial charge is 0.0750 e. The van der Waals surface area contributed by atoms with Crippen LogP contribution in [0.3, 0.4) is 0 Å². The predicted octanol–water partition coefficient (Wildman–Crippen LogP) is -0.369. The molecule has 0 amide bonds. The summed E-state index contributed by atoms with van der Waals surface area (Å²) in [5, 5.41) is 18.0. The van der Waals surface area contributed by atoms with Crippen LogP contribution in [0, 0.1) is 0 Å². The summed E-state index contributed by atoms with van der Waals surface area (Å²) in [7, 11) is 0. The van der Waals surface area contributed by atoms with E-state index in [1.807, 2.05) is 0 Å². The van der Waals surface area contributed by atoms with E-state index in [-0.39, 0.29) is 0 Å². The van der Waals surface area contributed by atoms with Crippen molar-refractivity contribution in [3.8, 4) is 0 Å². The molecule has 0 aliphatic rings. The number of hydrogen-bond acceptors (Lipinski definition) is 3. The van der Waals surface area contributed by atoms with E-state index in [0.29, 0.717) is 6.42 Å². The zero-order valence-electron chi connectivity index (χ0n) is 6.20. The summed E-state index contributed by atoms with van der Waals surface area (Å²) < 4.78 is 0. The molecule has 0 aromatic heterocycles. The van der Waals surface area contributed by atoms with Gasteiger partial charge in [0.2, 0.25) is 0 Å². The second-order valence-corrected chi connectivity index (χ2v) is 2.41. The minimum absolute atomic E-state index is 0.423. The molecule has 0 saturated carbocycles. The maximum atomic E-state index is 9.13. The summed E-state index contributed by atoms with van der Waals surface area (Å²) in [5.74, 6) is 0. The monoisotopic (exact) mass is 145 g/mol. The molecule has 3 heteroatoms. The Kier molecular flexibility index (Phi) is 4.27. The molecule has 10 heavy (non-hydrogen) atoms. The third-order valence-electron chi connectivity index (χ3n) is 1.41. The largest absolute Gasteiger partial charge is 0.392 e. The molecule has 0 aliphatic heterocycles. The molecule has 0 bridgehead atoms. The van der Waals surface area contributed by atoms with E-state index in [0.717, 1.165) is 0 Å². The van der Waals surface area contributed by atoms with Gasteiger partial charge in [-0.05, 0) is 13.3 Å². The molecule has 0 radical (unpaired) electrons. The molecule has 0 fully saturated rings. The summed E-state index contributed by atoms with van der Waals surface area (Å²) in [6.45, 7) is 5.00. The van der Waals surface area contributed by atoms with Crippen molar-refractivity contribution in [2.75, 3.05) is 0 Å². The zero-order chi connectivity index (χ0) is 8.15. The van der Waals surface area contributed by atoms with Crippen molar-refractivity contribution in [1.82, 2.24) is 0 Å². The van der Waals surface area contributed by atoms with E-state index >= 15 is 0 Å². The van der Waals surface area contributed by atoms with E-state index in [1.165, 1.54) is 0 Å². The van der Waals surface area contributed by atoms with Crippen LogP contribution in [0.1, 0.15) is 13.3 Å². The van der Waals surface area contributed by atoms with Crippen molar-refractivity contribution < 1.29 is 10.2 Å². The summed E-state index contributed by atoms with van der Waals surface area (Å²) in [4.78, 5) is 0. The van der Waals surface area contributed by atoms with E-state index in [2.05, 4.69) is 6.58 Å². The maximum absolute atomic E-state index is 9.13. The second kappa shape index (κ2) is 4.44. The van der Waals surface area contributed by atoms with Gasteiger partial charge in [-0.15, -0.1) is 6.58 Å². The molecule has 3 atom stereocenters. The fourth-order valence-electron chi connectivity index (χ4n) is 0.649. The number of nitrogens with two attached hydrogens (primary N) is 1. The Morgan fingerprint density at radius 1 is 1.60 bits per heavy atom. The number of rotatable bonds is 4. The SMILES string of the molecule is C=CC[C@H](O)[C@@H](N)[C@H](C)O. The van der Waals surface area contributed by atoms with Crippen molar-refractivity contribution >= 4 is 0 Å². The molecule has 0 aromatic carbocycles. The fraction of sp³-hybridized carbons (Fsp3) is 0.714. The first-order chi connectivity index (χ1) is 4.59. The molecular weight excluding hydrogens is 130 g/mol. The van der Waals surface area contributed by atoms with Crippen LogP contribution < -0.4 is 5.73 Å². The summed E-state index contributed by atoms with van der Waals surface area (Å²) in [6, 6.07) is -0.571. The van der Waals surface area contributed by atoms with Crippen LogP contribution in [0.25, 0.3) is 0 Å². The van der Waals surface area contributed by atoms with E-state index in [1.54, 1.807) is 13.0 Å². The summed E-state index contributed by atoms with van der Waals surface area (Å²) in [6.07, 6.45) is 0.645. The summed E-state index contributed by atoms with van der Waals surface area (Å²) >= 11 is 0. The fourth-order valence-corrected chi connectivity index (χ4v) is 0.649. The average molecular weight is 145 g/mol. The molecule has 0 rings (SSSR count). The van der Waals surface area contributed by atoms with Gasteiger partial charge in [-0.25, -0.2) is 0 Å². The Morgan fingerprint density at radius 3 is 2.40 bits per heavy atom. The topological polar surface area (TPSA) is 66.5 Å². The number of hydrogen-bond donors (Lipinski definition) is 3. The van der Waals surface area contributed by atoms with Gasteiger partial charge in [0.15, 0.2) is 0 Å². The van der Waals surface area contributed by atoms with Gasteiger partial charge in [0.05, 0.1) is 18.2 Å². The Morgan fingerprint density at radius 2 is 2.10 bits per heavy atom. The van der Waals surface area contributed by atoms with Crippen molar-refractivity contribution in [3.05, 3.63) is 12.7 Å². The molecule has 0 aromatic rings. The Hall–Kier alpha value is -0.380. The first kappa shape index (κ1) is 9.62. The van der Waals surface area contributed by atoms with Crippen LogP contribution in [0.5, 0.6) is 0 Å². The number of aliphatic hydroxyl groups excluding tert-OH is 2. The van der Waals surface area contributed by atoms with Gasteiger partial charge in [0, 0.05) is 0 Å². The van der Waals surface area contributed by atoms with Crippen molar-refractivity contribution in [1.29, 1.82) is 0 Å². The zero-order valence-corrected chi connectivity index (χ0v) is 6.20. The van der Waals surface area contributed by atoms with Crippen molar-refractivity contribution in [2.45, 2.75) is 31.6 Å². The maximum Gasteiger partial charge on any atom is 0.0750 e. The summed E-state index contributed by atoms with van der Waals surface area (Å²) in [5.41, 5.74) is 5.40. The molecule has 0 aliphatic carbocycles. The van der Waals surface area contributed by atoms with Crippen LogP contribution in [0.4, 0.5) is 0 Å². The van der Waals surface area contributed by atoms with Crippen LogP contribution >= 0.6 is 0 Å². The Balaban J connectivity index is 3.68. The van der Waals surface area contributed by atoms with Crippen LogP contribution in [-0.4, -0.2) is 28.5 Å². The van der Waals surface area contributed by atoms with Gasteiger partial charge < -0.3 is 15.9 Å². The minimum atomic E-state index is -0.683. The first-order valence-corrected chi connectivity index (χ1v) is 3.32. The third kappa shape index (κ3) is 2.96. The molecule has 0 unspecified atom stereocenters. The highest BCUT2D eigenvalue weighted by Gasteiger charge is 2.17. The van der Waals surface area contributed by atoms with Crippen molar-refractivity contribution in [3.63, 3.8) is 0 Å². The molecule has 3 nitrogen and oxygen atoms in total. The molecular formula is C7H15NO2. The van der Waals surface area contributed by atoms with Gasteiger partial charge in [-0.3, -0.25) is 0 Å². The highest BCUT2D eigenvalue weighted by molar-refractivity contribution is 4.82. The molecule has 0 spiro atoms. The molecule has 0 saturated heterocycles. The highest BCUT2D eigenvalue weighted by Crippen LogP contribution is 2.00. The lowest BCUT2D eigenvalue weighted by molar-refractivity contribution is 0.0672. The highest BCUT2D eigenvalue weighted by atomic mass is 16.3. The third-order valence-corrected chi connectivity index (χ3v) is 1.41. The van der Waals surface area contributed by atoms with Gasteiger partial charge in [0.1, 0.15) is 0 Å². The molecule has 0 heterocycles. The van der Waals surface area contributed by atoms with Crippen LogP contribution in [0.15, 0.2) is 12.7 Å². The van der Waals surface area contributed by atoms with E-state index in [4.69, 9.17) is 15.9 Å². The lowest BCUT2D eigenvalue weighted by atomic mass is 10.0. The lowest BCUT2D eigenvalue weighted by Crippen LogP contribution is -2.42. The van der Waals surface area contributed by atoms with E-state index in [9.17, 15) is 0 Å². The molecule has 4 N–H and O–H groups in total. The van der Waals surface area contributed by atoms with Gasteiger partial charge in [0.25, 0.3) is 0 Å². The van der Waals surface area contributed by atoms with Crippen LogP contribution in [0.2, 0.25) is 0 Å². The van der Waals surface area contributed by atoms with Gasteiger partial charge in [-0.1, -0.05) is 6.08 Å². The Labute approximate surface area is 61.2 Å². The molecule has 60 valence electrons. The normalized spacial score (nSPS) is 19.6. The minimum Gasteiger partial charge on any atom is -0.392 e. The number of aliphatic hydroxyl groups is 2. The first-order valence-electron chi connectivity index (χ1n) is 3.32. The van der Waals surface area contributed by atoms with Gasteiger partial charge >= 0.3 is 0 Å². The van der Waals surface area contributed by atoms with Crippen molar-refractivity contribution in [2.24, 2.45) is 5.73 Å². The Bertz CT molecular complexity index is 104. The second-order valence-electron chi connectivity index (χ2n) is 2.41. The standard InChI is InChI=1S/C7H15NO2/c1-3-4-6(10)7(8)5(2)9/h3,5-7,9-10H,1,4,8H2,2H3/t5-,6-,7-/m0/s1. The average Bonchev–Trinajstić information content (AvgIpc) is 1.87. The quantitative estimate of drug-likeness (QED) is 0.473. The van der Waals surface area contributed by atoms with Crippen LogP contribution in [-0.2, 0) is 0 Å². The lowest BCUT2D eigenvalue weighted by Gasteiger charge is -2.19.